The molecule has 0 saturated heterocycles. The van der Waals surface area contributed by atoms with Gasteiger partial charge in [-0.2, -0.15) is 5.10 Å². The van der Waals surface area contributed by atoms with Crippen molar-refractivity contribution >= 4 is 29.0 Å². The quantitative estimate of drug-likeness (QED) is 0.895. The van der Waals surface area contributed by atoms with Crippen LogP contribution < -0.4 is 5.73 Å². The smallest absolute Gasteiger partial charge is 0.127 e. The van der Waals surface area contributed by atoms with E-state index in [1.807, 2.05) is 19.1 Å². The van der Waals surface area contributed by atoms with Crippen molar-refractivity contribution in [2.45, 2.75) is 13.3 Å². The van der Waals surface area contributed by atoms with E-state index in [1.165, 1.54) is 0 Å². The molecule has 1 aromatic heterocycles. The fourth-order valence-electron chi connectivity index (χ4n) is 1.44. The largest absolute Gasteiger partial charge is 0.384 e. The second-order valence-corrected chi connectivity index (χ2v) is 4.24. The van der Waals surface area contributed by atoms with Gasteiger partial charge in [0.05, 0.1) is 21.4 Å². The Hall–Kier alpha value is -1.19. The van der Waals surface area contributed by atoms with Crippen LogP contribution in [-0.2, 0) is 6.42 Å². The Morgan fingerprint density at radius 3 is 2.56 bits per heavy atom. The molecule has 0 bridgehead atoms. The van der Waals surface area contributed by atoms with Crippen LogP contribution in [0.15, 0.2) is 24.3 Å². The zero-order chi connectivity index (χ0) is 11.7. The van der Waals surface area contributed by atoms with Gasteiger partial charge in [0, 0.05) is 6.07 Å². The number of nitrogens with zero attached hydrogens (tertiary/aromatic N) is 2. The molecule has 2 aromatic rings. The summed E-state index contributed by atoms with van der Waals surface area (Å²) in [5.41, 5.74) is 7.62. The molecule has 84 valence electrons. The van der Waals surface area contributed by atoms with E-state index in [2.05, 4.69) is 5.10 Å². The van der Waals surface area contributed by atoms with Gasteiger partial charge in [-0.1, -0.05) is 30.1 Å². The standard InChI is InChI=1S/C11H11Cl2N3/c1-2-7-5-11(14)16(15-7)8-3-4-9(12)10(13)6-8/h3-6H,2,14H2,1H3. The molecule has 1 heterocycles. The minimum Gasteiger partial charge on any atom is -0.384 e. The molecule has 1 aromatic carbocycles. The predicted octanol–water partition coefficient (Wildman–Crippen LogP) is 3.32. The predicted molar refractivity (Wildman–Crippen MR) is 67.4 cm³/mol. The molecular formula is C11H11Cl2N3. The lowest BCUT2D eigenvalue weighted by atomic mass is 10.3. The van der Waals surface area contributed by atoms with Crippen molar-refractivity contribution in [3.63, 3.8) is 0 Å². The average Bonchev–Trinajstić information content (AvgIpc) is 2.64. The van der Waals surface area contributed by atoms with Crippen LogP contribution in [0.5, 0.6) is 0 Å². The maximum atomic E-state index is 5.94. The molecule has 5 heteroatoms. The summed E-state index contributed by atoms with van der Waals surface area (Å²) < 4.78 is 1.65. The summed E-state index contributed by atoms with van der Waals surface area (Å²) in [6.45, 7) is 2.03. The third-order valence-electron chi connectivity index (χ3n) is 2.30. The summed E-state index contributed by atoms with van der Waals surface area (Å²) in [7, 11) is 0. The highest BCUT2D eigenvalue weighted by Gasteiger charge is 2.07. The average molecular weight is 256 g/mol. The van der Waals surface area contributed by atoms with Crippen LogP contribution in [0, 0.1) is 0 Å². The summed E-state index contributed by atoms with van der Waals surface area (Å²) in [6.07, 6.45) is 0.846. The highest BCUT2D eigenvalue weighted by atomic mass is 35.5. The number of nitrogen functional groups attached to an aromatic ring is 1. The zero-order valence-electron chi connectivity index (χ0n) is 8.74. The van der Waals surface area contributed by atoms with Crippen molar-refractivity contribution in [3.05, 3.63) is 40.0 Å². The topological polar surface area (TPSA) is 43.8 Å². The van der Waals surface area contributed by atoms with Crippen LogP contribution in [0.25, 0.3) is 5.69 Å². The second-order valence-electron chi connectivity index (χ2n) is 3.42. The van der Waals surface area contributed by atoms with Gasteiger partial charge >= 0.3 is 0 Å². The highest BCUT2D eigenvalue weighted by molar-refractivity contribution is 6.42. The second kappa shape index (κ2) is 4.36. The molecule has 16 heavy (non-hydrogen) atoms. The van der Waals surface area contributed by atoms with Gasteiger partial charge in [0.1, 0.15) is 5.82 Å². The normalized spacial score (nSPS) is 10.7. The van der Waals surface area contributed by atoms with Gasteiger partial charge in [0.2, 0.25) is 0 Å². The number of benzene rings is 1. The Kier molecular flexibility index (Phi) is 3.08. The van der Waals surface area contributed by atoms with Gasteiger partial charge in [-0.05, 0) is 24.6 Å². The number of aryl methyl sites for hydroxylation is 1. The molecule has 0 atom stereocenters. The van der Waals surface area contributed by atoms with E-state index in [4.69, 9.17) is 28.9 Å². The van der Waals surface area contributed by atoms with E-state index in [-0.39, 0.29) is 0 Å². The molecular weight excluding hydrogens is 245 g/mol. The Labute approximate surface area is 104 Å². The number of nitrogens with two attached hydrogens (primary N) is 1. The zero-order valence-corrected chi connectivity index (χ0v) is 10.3. The first-order valence-corrected chi connectivity index (χ1v) is 5.67. The minimum atomic E-state index is 0.493. The van der Waals surface area contributed by atoms with E-state index in [9.17, 15) is 0 Å². The third kappa shape index (κ3) is 2.01. The van der Waals surface area contributed by atoms with Crippen molar-refractivity contribution in [1.82, 2.24) is 9.78 Å². The fraction of sp³-hybridized carbons (Fsp3) is 0.182. The van der Waals surface area contributed by atoms with Gasteiger partial charge in [-0.25, -0.2) is 4.68 Å². The molecule has 0 aliphatic heterocycles. The summed E-state index contributed by atoms with van der Waals surface area (Å²) in [4.78, 5) is 0. The maximum absolute atomic E-state index is 5.94. The van der Waals surface area contributed by atoms with Crippen LogP contribution in [0.3, 0.4) is 0 Å². The number of hydrogen-bond acceptors (Lipinski definition) is 2. The first kappa shape index (κ1) is 11.3. The van der Waals surface area contributed by atoms with E-state index < -0.39 is 0 Å². The van der Waals surface area contributed by atoms with E-state index >= 15 is 0 Å². The lowest BCUT2D eigenvalue weighted by Crippen LogP contribution is -2.01. The number of aromatic nitrogens is 2. The molecule has 0 radical (unpaired) electrons. The molecule has 3 nitrogen and oxygen atoms in total. The molecule has 0 fully saturated rings. The molecule has 0 unspecified atom stereocenters. The van der Waals surface area contributed by atoms with Crippen LogP contribution in [0.2, 0.25) is 10.0 Å². The number of halogens is 2. The molecule has 0 saturated carbocycles. The first-order valence-electron chi connectivity index (χ1n) is 4.91. The highest BCUT2D eigenvalue weighted by Crippen LogP contribution is 2.25. The summed E-state index contributed by atoms with van der Waals surface area (Å²) >= 11 is 11.8. The van der Waals surface area contributed by atoms with Gasteiger partial charge in [-0.3, -0.25) is 0 Å². The number of rotatable bonds is 2. The number of anilines is 1. The van der Waals surface area contributed by atoms with Crippen LogP contribution in [0.1, 0.15) is 12.6 Å². The molecule has 0 aliphatic rings. The lowest BCUT2D eigenvalue weighted by molar-refractivity contribution is 0.849. The van der Waals surface area contributed by atoms with Crippen molar-refractivity contribution in [2.24, 2.45) is 0 Å². The van der Waals surface area contributed by atoms with Crippen molar-refractivity contribution in [3.8, 4) is 5.69 Å². The Bertz CT molecular complexity index is 520. The van der Waals surface area contributed by atoms with Crippen molar-refractivity contribution in [1.29, 1.82) is 0 Å². The van der Waals surface area contributed by atoms with Gasteiger partial charge in [-0.15, -0.1) is 0 Å². The summed E-state index contributed by atoms with van der Waals surface area (Å²) in [5, 5.41) is 5.37. The number of hydrogen-bond donors (Lipinski definition) is 1. The molecule has 0 spiro atoms. The van der Waals surface area contributed by atoms with Crippen molar-refractivity contribution in [2.75, 3.05) is 5.73 Å². The van der Waals surface area contributed by atoms with Gasteiger partial charge in [0.15, 0.2) is 0 Å². The van der Waals surface area contributed by atoms with Crippen molar-refractivity contribution < 1.29 is 0 Å². The van der Waals surface area contributed by atoms with E-state index in [0.717, 1.165) is 17.8 Å². The third-order valence-corrected chi connectivity index (χ3v) is 3.04. The van der Waals surface area contributed by atoms with Crippen LogP contribution in [-0.4, -0.2) is 9.78 Å². The monoisotopic (exact) mass is 255 g/mol. The van der Waals surface area contributed by atoms with Gasteiger partial charge < -0.3 is 5.73 Å². The van der Waals surface area contributed by atoms with E-state index in [0.29, 0.717) is 15.9 Å². The fourth-order valence-corrected chi connectivity index (χ4v) is 1.74. The van der Waals surface area contributed by atoms with Gasteiger partial charge in [0.25, 0.3) is 0 Å². The van der Waals surface area contributed by atoms with Crippen LogP contribution in [0.4, 0.5) is 5.82 Å². The molecule has 2 rings (SSSR count). The minimum absolute atomic E-state index is 0.493. The Morgan fingerprint density at radius 1 is 1.25 bits per heavy atom. The summed E-state index contributed by atoms with van der Waals surface area (Å²) in [5.74, 6) is 0.593. The SMILES string of the molecule is CCc1cc(N)n(-c2ccc(Cl)c(Cl)c2)n1. The Morgan fingerprint density at radius 2 is 2.00 bits per heavy atom. The lowest BCUT2D eigenvalue weighted by Gasteiger charge is -2.05. The molecule has 0 aliphatic carbocycles. The van der Waals surface area contributed by atoms with E-state index in [1.54, 1.807) is 16.8 Å². The Balaban J connectivity index is 2.49. The first-order chi connectivity index (χ1) is 7.61. The molecule has 2 N–H and O–H groups in total. The molecule has 0 amide bonds. The van der Waals surface area contributed by atoms with Crippen LogP contribution >= 0.6 is 23.2 Å². The maximum Gasteiger partial charge on any atom is 0.127 e. The summed E-state index contributed by atoms with van der Waals surface area (Å²) in [6, 6.07) is 7.15.